The van der Waals surface area contributed by atoms with Crippen LogP contribution in [-0.2, 0) is 16.0 Å². The maximum Gasteiger partial charge on any atom is 0.321 e. The highest BCUT2D eigenvalue weighted by molar-refractivity contribution is 6.35. The minimum atomic E-state index is -1.17. The van der Waals surface area contributed by atoms with Crippen molar-refractivity contribution in [2.24, 2.45) is 5.92 Å². The number of aliphatic carboxylic acids is 2. The van der Waals surface area contributed by atoms with Gasteiger partial charge >= 0.3 is 11.9 Å². The summed E-state index contributed by atoms with van der Waals surface area (Å²) in [7, 11) is 0. The van der Waals surface area contributed by atoms with Crippen LogP contribution in [0.3, 0.4) is 0 Å². The van der Waals surface area contributed by atoms with E-state index in [1.165, 1.54) is 6.26 Å². The first-order valence-corrected chi connectivity index (χ1v) is 9.03. The molecule has 3 N–H and O–H groups in total. The highest BCUT2D eigenvalue weighted by Crippen LogP contribution is 2.27. The third-order valence-electron chi connectivity index (χ3n) is 3.78. The van der Waals surface area contributed by atoms with E-state index in [0.717, 1.165) is 0 Å². The Morgan fingerprint density at radius 2 is 1.70 bits per heavy atom. The summed E-state index contributed by atoms with van der Waals surface area (Å²) in [6.07, 6.45) is 1.61. The van der Waals surface area contributed by atoms with Crippen LogP contribution in [0, 0.1) is 5.92 Å². The second kappa shape index (κ2) is 9.21. The topological polar surface area (TPSA) is 113 Å². The molecule has 0 radical (unpaired) electrons. The van der Waals surface area contributed by atoms with Gasteiger partial charge in [-0.05, 0) is 30.5 Å². The third-order valence-corrected chi connectivity index (χ3v) is 4.22. The number of benzene rings is 1. The van der Waals surface area contributed by atoms with Gasteiger partial charge in [0.25, 0.3) is 0 Å². The Hall–Kier alpha value is -2.09. The van der Waals surface area contributed by atoms with Gasteiger partial charge in [0, 0.05) is 22.0 Å². The van der Waals surface area contributed by atoms with Gasteiger partial charge in [0.2, 0.25) is 5.89 Å². The summed E-state index contributed by atoms with van der Waals surface area (Å²) in [5, 5.41) is 22.3. The van der Waals surface area contributed by atoms with Gasteiger partial charge in [-0.3, -0.25) is 14.9 Å². The highest BCUT2D eigenvalue weighted by atomic mass is 35.5. The molecule has 1 aromatic heterocycles. The van der Waals surface area contributed by atoms with E-state index >= 15 is 0 Å². The van der Waals surface area contributed by atoms with Gasteiger partial charge in [0.05, 0.1) is 5.69 Å². The molecule has 1 aromatic carbocycles. The molecule has 0 aliphatic carbocycles. The Morgan fingerprint density at radius 1 is 1.11 bits per heavy atom. The molecular weight excluding hydrogens is 395 g/mol. The minimum Gasteiger partial charge on any atom is -0.480 e. The van der Waals surface area contributed by atoms with Crippen molar-refractivity contribution in [1.82, 2.24) is 10.3 Å². The molecule has 0 fully saturated rings. The van der Waals surface area contributed by atoms with Crippen molar-refractivity contribution in [3.05, 3.63) is 40.2 Å². The van der Waals surface area contributed by atoms with Crippen molar-refractivity contribution in [3.8, 4) is 11.5 Å². The molecule has 146 valence electrons. The summed E-state index contributed by atoms with van der Waals surface area (Å²) >= 11 is 11.9. The zero-order chi connectivity index (χ0) is 20.1. The molecule has 0 spiro atoms. The molecule has 0 aliphatic rings. The average Bonchev–Trinajstić information content (AvgIpc) is 3.00. The van der Waals surface area contributed by atoms with Crippen LogP contribution in [-0.4, -0.2) is 39.2 Å². The molecule has 7 nitrogen and oxygen atoms in total. The van der Waals surface area contributed by atoms with Crippen LogP contribution in [0.15, 0.2) is 28.9 Å². The van der Waals surface area contributed by atoms with E-state index in [-0.39, 0.29) is 18.2 Å². The van der Waals surface area contributed by atoms with Crippen LogP contribution in [0.5, 0.6) is 0 Å². The van der Waals surface area contributed by atoms with Gasteiger partial charge in [-0.25, -0.2) is 4.98 Å². The Bertz CT molecular complexity index is 802. The van der Waals surface area contributed by atoms with Gasteiger partial charge in [-0.1, -0.05) is 37.0 Å². The third kappa shape index (κ3) is 6.23. The number of hydrogen-bond acceptors (Lipinski definition) is 5. The van der Waals surface area contributed by atoms with Crippen molar-refractivity contribution in [2.45, 2.75) is 38.8 Å². The Balaban J connectivity index is 2.16. The van der Waals surface area contributed by atoms with Crippen LogP contribution in [0.1, 0.15) is 26.0 Å². The number of nitrogens with zero attached hydrogens (tertiary/aromatic N) is 1. The second-order valence-electron chi connectivity index (χ2n) is 6.58. The molecule has 2 unspecified atom stereocenters. The predicted molar refractivity (Wildman–Crippen MR) is 101 cm³/mol. The zero-order valence-electron chi connectivity index (χ0n) is 14.8. The number of oxazole rings is 1. The molecule has 0 aliphatic heterocycles. The van der Waals surface area contributed by atoms with E-state index in [9.17, 15) is 19.8 Å². The van der Waals surface area contributed by atoms with Crippen molar-refractivity contribution in [2.75, 3.05) is 0 Å². The number of aromatic nitrogens is 1. The highest BCUT2D eigenvalue weighted by Gasteiger charge is 2.27. The first-order valence-electron chi connectivity index (χ1n) is 8.28. The summed E-state index contributed by atoms with van der Waals surface area (Å²) < 4.78 is 5.39. The fourth-order valence-corrected chi connectivity index (χ4v) is 3.12. The zero-order valence-corrected chi connectivity index (χ0v) is 16.3. The van der Waals surface area contributed by atoms with Crippen molar-refractivity contribution in [1.29, 1.82) is 0 Å². The van der Waals surface area contributed by atoms with E-state index in [2.05, 4.69) is 10.3 Å². The van der Waals surface area contributed by atoms with Crippen LogP contribution in [0.2, 0.25) is 10.0 Å². The average molecular weight is 415 g/mol. The lowest BCUT2D eigenvalue weighted by Crippen LogP contribution is -2.48. The van der Waals surface area contributed by atoms with Crippen LogP contribution >= 0.6 is 23.2 Å². The van der Waals surface area contributed by atoms with Crippen LogP contribution in [0.4, 0.5) is 0 Å². The predicted octanol–water partition coefficient (Wildman–Crippen LogP) is 3.73. The Kier molecular flexibility index (Phi) is 7.24. The van der Waals surface area contributed by atoms with E-state index in [1.807, 2.05) is 13.8 Å². The standard InChI is InChI=1S/C18H20Cl2N2O5/c1-9(2)3-14(17(23)24)22-15(18(25)26)7-13-8-27-16(21-13)10-4-11(19)6-12(20)5-10/h4-6,8-9,14-15,22H,3,7H2,1-2H3,(H,23,24)(H,25,26). The lowest BCUT2D eigenvalue weighted by molar-refractivity contribution is -0.142. The molecule has 9 heteroatoms. The van der Waals surface area contributed by atoms with Gasteiger partial charge in [0.15, 0.2) is 0 Å². The smallest absolute Gasteiger partial charge is 0.321 e. The van der Waals surface area contributed by atoms with E-state index in [0.29, 0.717) is 27.7 Å². The van der Waals surface area contributed by atoms with Crippen molar-refractivity contribution < 1.29 is 24.2 Å². The van der Waals surface area contributed by atoms with E-state index in [4.69, 9.17) is 27.6 Å². The molecule has 0 amide bonds. The molecule has 2 atom stereocenters. The number of carboxylic acids is 2. The first-order chi connectivity index (χ1) is 12.7. The fourth-order valence-electron chi connectivity index (χ4n) is 2.59. The molecule has 2 aromatic rings. The van der Waals surface area contributed by atoms with Crippen molar-refractivity contribution in [3.63, 3.8) is 0 Å². The molecule has 0 bridgehead atoms. The fraction of sp³-hybridized carbons (Fsp3) is 0.389. The largest absolute Gasteiger partial charge is 0.480 e. The number of halogens is 2. The molecule has 1 heterocycles. The number of carbonyl (C=O) groups is 2. The first kappa shape index (κ1) is 21.2. The van der Waals surface area contributed by atoms with Gasteiger partial charge in [-0.15, -0.1) is 0 Å². The monoisotopic (exact) mass is 414 g/mol. The maximum atomic E-state index is 11.6. The summed E-state index contributed by atoms with van der Waals surface area (Å²) in [6, 6.07) is 2.73. The quantitative estimate of drug-likeness (QED) is 0.572. The number of hydrogen-bond donors (Lipinski definition) is 3. The summed E-state index contributed by atoms with van der Waals surface area (Å²) in [5.74, 6) is -1.92. The Labute approximate surface area is 166 Å². The van der Waals surface area contributed by atoms with Crippen LogP contribution < -0.4 is 5.32 Å². The molecule has 0 saturated heterocycles. The van der Waals surface area contributed by atoms with Gasteiger partial charge in [0.1, 0.15) is 18.3 Å². The molecule has 0 saturated carbocycles. The number of carboxylic acid groups (broad SMARTS) is 2. The lowest BCUT2D eigenvalue weighted by Gasteiger charge is -2.21. The summed E-state index contributed by atoms with van der Waals surface area (Å²) in [4.78, 5) is 27.2. The second-order valence-corrected chi connectivity index (χ2v) is 7.46. The Morgan fingerprint density at radius 3 is 2.22 bits per heavy atom. The maximum absolute atomic E-state index is 11.6. The van der Waals surface area contributed by atoms with Crippen molar-refractivity contribution >= 4 is 35.1 Å². The lowest BCUT2D eigenvalue weighted by atomic mass is 10.0. The van der Waals surface area contributed by atoms with E-state index in [1.54, 1.807) is 18.2 Å². The molecule has 27 heavy (non-hydrogen) atoms. The summed E-state index contributed by atoms with van der Waals surface area (Å²) in [5.41, 5.74) is 0.927. The van der Waals surface area contributed by atoms with Gasteiger partial charge < -0.3 is 14.6 Å². The number of rotatable bonds is 9. The SMILES string of the molecule is CC(C)CC(NC(Cc1coc(-c2cc(Cl)cc(Cl)c2)n1)C(=O)O)C(=O)O. The molecular formula is C18H20Cl2N2O5. The van der Waals surface area contributed by atoms with E-state index < -0.39 is 24.0 Å². The summed E-state index contributed by atoms with van der Waals surface area (Å²) in [6.45, 7) is 3.74. The number of nitrogens with one attached hydrogen (secondary N) is 1. The van der Waals surface area contributed by atoms with Crippen LogP contribution in [0.25, 0.3) is 11.5 Å². The normalized spacial score (nSPS) is 13.5. The van der Waals surface area contributed by atoms with Gasteiger partial charge in [-0.2, -0.15) is 0 Å². The molecule has 2 rings (SSSR count). The minimum absolute atomic E-state index is 0.0327.